The Morgan fingerprint density at radius 2 is 1.49 bits per heavy atom. The lowest BCUT2D eigenvalue weighted by Crippen LogP contribution is -2.48. The molecule has 0 saturated heterocycles. The van der Waals surface area contributed by atoms with E-state index in [-0.39, 0.29) is 30.7 Å². The third kappa shape index (κ3) is 9.56. The molecule has 0 radical (unpaired) electrons. The summed E-state index contributed by atoms with van der Waals surface area (Å²) in [5.41, 5.74) is 4.17. The van der Waals surface area contributed by atoms with Crippen molar-refractivity contribution in [3.05, 3.63) is 132 Å². The van der Waals surface area contributed by atoms with Crippen LogP contribution in [0.4, 0.5) is 0 Å². The van der Waals surface area contributed by atoms with Gasteiger partial charge in [0.15, 0.2) is 5.82 Å². The lowest BCUT2D eigenvalue weighted by molar-refractivity contribution is -0.137. The molecule has 0 spiro atoms. The summed E-state index contributed by atoms with van der Waals surface area (Å²) in [6, 6.07) is 30.5. The van der Waals surface area contributed by atoms with Gasteiger partial charge in [-0.2, -0.15) is 4.98 Å². The molecule has 1 atom stereocenters. The number of benzene rings is 4. The first kappa shape index (κ1) is 36.1. The van der Waals surface area contributed by atoms with E-state index in [1.54, 1.807) is 24.5 Å². The zero-order chi connectivity index (χ0) is 37.4. The highest BCUT2D eigenvalue weighted by molar-refractivity contribution is 5.97. The van der Waals surface area contributed by atoms with Gasteiger partial charge in [0.2, 0.25) is 11.7 Å². The molecule has 0 saturated carbocycles. The van der Waals surface area contributed by atoms with Crippen molar-refractivity contribution in [2.75, 3.05) is 6.54 Å². The predicted molar refractivity (Wildman–Crippen MR) is 198 cm³/mol. The molecule has 53 heavy (non-hydrogen) atoms. The van der Waals surface area contributed by atoms with E-state index < -0.39 is 23.8 Å². The van der Waals surface area contributed by atoms with Gasteiger partial charge in [-0.1, -0.05) is 92.7 Å². The van der Waals surface area contributed by atoms with Crippen molar-refractivity contribution < 1.29 is 28.8 Å². The van der Waals surface area contributed by atoms with E-state index in [9.17, 15) is 14.4 Å². The number of rotatable bonds is 13. The molecular weight excluding hydrogens is 672 g/mol. The fraction of sp³-hybridized carbons (Fsp3) is 0.195. The summed E-state index contributed by atoms with van der Waals surface area (Å²) in [4.78, 5) is 50.9. The summed E-state index contributed by atoms with van der Waals surface area (Å²) in [6.45, 7) is 6.20. The monoisotopic (exact) mass is 710 g/mol. The second kappa shape index (κ2) is 16.1. The van der Waals surface area contributed by atoms with Crippen LogP contribution in [0.1, 0.15) is 48.7 Å². The highest BCUT2D eigenvalue weighted by Gasteiger charge is 2.23. The van der Waals surface area contributed by atoms with E-state index >= 15 is 0 Å². The number of amides is 2. The Hall–Kier alpha value is -6.69. The summed E-state index contributed by atoms with van der Waals surface area (Å²) in [7, 11) is 0. The van der Waals surface area contributed by atoms with Gasteiger partial charge in [0, 0.05) is 42.0 Å². The number of nitrogens with one attached hydrogen (secondary N) is 2. The predicted octanol–water partition coefficient (Wildman–Crippen LogP) is 6.88. The van der Waals surface area contributed by atoms with Crippen LogP contribution in [0.3, 0.4) is 0 Å². The number of nitrogens with zero attached hydrogens (tertiary/aromatic N) is 4. The van der Waals surface area contributed by atoms with Crippen LogP contribution >= 0.6 is 0 Å². The van der Waals surface area contributed by atoms with Gasteiger partial charge >= 0.3 is 5.97 Å². The normalized spacial score (nSPS) is 11.8. The first-order valence-corrected chi connectivity index (χ1v) is 17.0. The molecule has 6 rings (SSSR count). The number of carbonyl (C=O) groups is 3. The van der Waals surface area contributed by atoms with Crippen molar-refractivity contribution in [1.29, 1.82) is 0 Å². The van der Waals surface area contributed by atoms with Gasteiger partial charge in [0.25, 0.3) is 11.8 Å². The topological polar surface area (TPSA) is 169 Å². The summed E-state index contributed by atoms with van der Waals surface area (Å²) >= 11 is 0. The quantitative estimate of drug-likeness (QED) is 0.115. The Morgan fingerprint density at radius 1 is 0.792 bits per heavy atom. The zero-order valence-electron chi connectivity index (χ0n) is 29.4. The molecule has 3 N–H and O–H groups in total. The van der Waals surface area contributed by atoms with Gasteiger partial charge in [-0.25, -0.2) is 9.97 Å². The van der Waals surface area contributed by atoms with Crippen molar-refractivity contribution in [2.24, 2.45) is 0 Å². The maximum Gasteiger partial charge on any atom is 0.305 e. The number of aliphatic carboxylic acids is 1. The van der Waals surface area contributed by atoms with Crippen LogP contribution < -0.4 is 15.4 Å². The average molecular weight is 711 g/mol. The van der Waals surface area contributed by atoms with Crippen molar-refractivity contribution in [1.82, 2.24) is 30.7 Å². The van der Waals surface area contributed by atoms with E-state index in [1.807, 2.05) is 91.0 Å². The van der Waals surface area contributed by atoms with E-state index in [4.69, 9.17) is 14.4 Å². The Morgan fingerprint density at radius 3 is 2.17 bits per heavy atom. The minimum absolute atomic E-state index is 0.0606. The zero-order valence-corrected chi connectivity index (χ0v) is 29.4. The molecule has 0 fully saturated rings. The van der Waals surface area contributed by atoms with Crippen molar-refractivity contribution >= 4 is 17.8 Å². The molecule has 2 heterocycles. The Balaban J connectivity index is 1.12. The fourth-order valence-corrected chi connectivity index (χ4v) is 5.38. The fourth-order valence-electron chi connectivity index (χ4n) is 5.38. The van der Waals surface area contributed by atoms with E-state index in [2.05, 4.69) is 51.5 Å². The summed E-state index contributed by atoms with van der Waals surface area (Å²) < 4.78 is 11.4. The molecule has 0 aliphatic heterocycles. The first-order chi connectivity index (χ1) is 25.5. The highest BCUT2D eigenvalue weighted by Crippen LogP contribution is 2.28. The Bertz CT molecular complexity index is 2180. The van der Waals surface area contributed by atoms with Gasteiger partial charge in [-0.05, 0) is 52.9 Å². The maximum absolute atomic E-state index is 13.2. The third-order valence-corrected chi connectivity index (χ3v) is 8.32. The number of carbonyl (C=O) groups excluding carboxylic acids is 2. The van der Waals surface area contributed by atoms with Crippen LogP contribution in [-0.2, 0) is 21.4 Å². The van der Waals surface area contributed by atoms with Crippen LogP contribution in [0.2, 0.25) is 0 Å². The third-order valence-electron chi connectivity index (χ3n) is 8.32. The van der Waals surface area contributed by atoms with Crippen LogP contribution in [0.25, 0.3) is 34.2 Å². The lowest BCUT2D eigenvalue weighted by atomic mass is 9.86. The van der Waals surface area contributed by atoms with Crippen molar-refractivity contribution in [3.63, 3.8) is 0 Å². The number of ether oxygens (including phenoxy) is 1. The smallest absolute Gasteiger partial charge is 0.305 e. The molecule has 12 nitrogen and oxygen atoms in total. The molecule has 12 heteroatoms. The Kier molecular flexibility index (Phi) is 11.0. The SMILES string of the molecule is CC(C)(C)c1ccc(C(=O)N[C@@H](Cc2ccc(-c3ncc(-c4nc(-c5cccc(Oc6ccccc6)c5)no4)cn3)cc2)C(=O)NCCC(=O)O)cc1. The lowest BCUT2D eigenvalue weighted by Gasteiger charge is -2.20. The minimum atomic E-state index is -1.03. The summed E-state index contributed by atoms with van der Waals surface area (Å²) in [6.07, 6.45) is 3.14. The number of para-hydroxylation sites is 1. The molecule has 0 bridgehead atoms. The molecule has 0 aliphatic carbocycles. The Labute approximate surface area is 306 Å². The standard InChI is InChI=1S/C41H38N6O6/c1-41(2,3)31-18-16-28(17-19-31)38(50)45-34(39(51)42-21-20-35(48)49)22-26-12-14-27(15-13-26)36-43-24-30(25-44-36)40-46-37(47-53-40)29-8-7-11-33(23-29)52-32-9-5-4-6-10-32/h4-19,23-25,34H,20-22H2,1-3H3,(H,42,51)(H,45,50)(H,48,49)/t34-/m0/s1. The summed E-state index contributed by atoms with van der Waals surface area (Å²) in [5, 5.41) is 18.6. The minimum Gasteiger partial charge on any atom is -0.481 e. The number of hydrogen-bond acceptors (Lipinski definition) is 9. The van der Waals surface area contributed by atoms with Crippen LogP contribution in [0, 0.1) is 0 Å². The number of aromatic nitrogens is 4. The summed E-state index contributed by atoms with van der Waals surface area (Å²) in [5.74, 6) is 0.542. The van der Waals surface area contributed by atoms with Gasteiger partial charge in [-0.3, -0.25) is 14.4 Å². The molecule has 268 valence electrons. The molecule has 2 aromatic heterocycles. The average Bonchev–Trinajstić information content (AvgIpc) is 3.66. The number of carboxylic acids is 1. The highest BCUT2D eigenvalue weighted by atomic mass is 16.5. The number of hydrogen-bond donors (Lipinski definition) is 3. The van der Waals surface area contributed by atoms with E-state index in [1.165, 1.54) is 0 Å². The van der Waals surface area contributed by atoms with E-state index in [0.29, 0.717) is 34.3 Å². The molecule has 4 aromatic carbocycles. The van der Waals surface area contributed by atoms with Crippen molar-refractivity contribution in [3.8, 4) is 45.7 Å². The van der Waals surface area contributed by atoms with Crippen molar-refractivity contribution in [2.45, 2.75) is 45.1 Å². The van der Waals surface area contributed by atoms with Gasteiger partial charge in [0.1, 0.15) is 17.5 Å². The van der Waals surface area contributed by atoms with Gasteiger partial charge in [-0.15, -0.1) is 0 Å². The van der Waals surface area contributed by atoms with E-state index in [0.717, 1.165) is 22.3 Å². The van der Waals surface area contributed by atoms with Crippen LogP contribution in [-0.4, -0.2) is 55.6 Å². The van der Waals surface area contributed by atoms with Gasteiger partial charge in [0.05, 0.1) is 12.0 Å². The van der Waals surface area contributed by atoms with Gasteiger partial charge < -0.3 is 25.0 Å². The number of carboxylic acid groups (broad SMARTS) is 1. The largest absolute Gasteiger partial charge is 0.481 e. The second-order valence-electron chi connectivity index (χ2n) is 13.4. The first-order valence-electron chi connectivity index (χ1n) is 17.0. The maximum atomic E-state index is 13.2. The second-order valence-corrected chi connectivity index (χ2v) is 13.4. The molecule has 0 unspecified atom stereocenters. The molecule has 6 aromatic rings. The van der Waals surface area contributed by atoms with Crippen LogP contribution in [0.5, 0.6) is 11.5 Å². The molecule has 2 amide bonds. The van der Waals surface area contributed by atoms with Crippen LogP contribution in [0.15, 0.2) is 120 Å². The molecule has 0 aliphatic rings. The molecular formula is C41H38N6O6.